The molecule has 0 fully saturated rings. The van der Waals surface area contributed by atoms with Crippen molar-refractivity contribution in [2.45, 2.75) is 6.92 Å². The van der Waals surface area contributed by atoms with Crippen molar-refractivity contribution in [3.63, 3.8) is 0 Å². The minimum atomic E-state index is -0.597. The van der Waals surface area contributed by atoms with Gasteiger partial charge in [0.1, 0.15) is 9.71 Å². The summed E-state index contributed by atoms with van der Waals surface area (Å²) in [4.78, 5) is 13.7. The molecule has 0 bridgehead atoms. The average molecular weight is 431 g/mol. The largest absolute Gasteiger partial charge is 0.419 e. The van der Waals surface area contributed by atoms with Gasteiger partial charge in [0, 0.05) is 9.86 Å². The third-order valence-electron chi connectivity index (χ3n) is 3.84. The highest BCUT2D eigenvalue weighted by molar-refractivity contribution is 9.10. The zero-order chi connectivity index (χ0) is 18.3. The van der Waals surface area contributed by atoms with Gasteiger partial charge in [-0.15, -0.1) is 11.3 Å². The summed E-state index contributed by atoms with van der Waals surface area (Å²) in [5.74, 6) is -1.29. The molecule has 0 atom stereocenters. The molecule has 0 amide bonds. The fourth-order valence-corrected chi connectivity index (χ4v) is 3.99. The van der Waals surface area contributed by atoms with Crippen molar-refractivity contribution in [1.29, 1.82) is 0 Å². The second kappa shape index (κ2) is 6.66. The molecule has 0 aliphatic carbocycles. The van der Waals surface area contributed by atoms with E-state index >= 15 is 0 Å². The van der Waals surface area contributed by atoms with Crippen LogP contribution in [0, 0.1) is 12.7 Å². The molecule has 2 aromatic heterocycles. The molecule has 2 heterocycles. The van der Waals surface area contributed by atoms with E-state index in [1.54, 1.807) is 16.8 Å². The molecule has 4 rings (SSSR count). The van der Waals surface area contributed by atoms with Gasteiger partial charge >= 0.3 is 5.97 Å². The van der Waals surface area contributed by atoms with Crippen LogP contribution in [0.3, 0.4) is 0 Å². The van der Waals surface area contributed by atoms with E-state index in [9.17, 15) is 9.18 Å². The van der Waals surface area contributed by atoms with Crippen molar-refractivity contribution < 1.29 is 13.9 Å². The number of carbonyl (C=O) groups excluding carboxylic acids is 1. The van der Waals surface area contributed by atoms with E-state index in [-0.39, 0.29) is 5.75 Å². The number of aromatic nitrogens is 2. The highest BCUT2D eigenvalue weighted by Crippen LogP contribution is 2.31. The number of hydrogen-bond acceptors (Lipinski definition) is 4. The Balaban J connectivity index is 1.70. The van der Waals surface area contributed by atoms with Crippen LogP contribution in [0.25, 0.3) is 15.9 Å². The Bertz CT molecular complexity index is 1120. The first-order valence-electron chi connectivity index (χ1n) is 7.75. The zero-order valence-electron chi connectivity index (χ0n) is 13.6. The van der Waals surface area contributed by atoms with E-state index in [1.165, 1.54) is 23.5 Å². The molecule has 7 heteroatoms. The van der Waals surface area contributed by atoms with Crippen molar-refractivity contribution in [2.24, 2.45) is 0 Å². The lowest BCUT2D eigenvalue weighted by atomic mass is 10.3. The van der Waals surface area contributed by atoms with Gasteiger partial charge < -0.3 is 4.74 Å². The van der Waals surface area contributed by atoms with Gasteiger partial charge in [-0.25, -0.2) is 13.9 Å². The first-order chi connectivity index (χ1) is 12.5. The van der Waals surface area contributed by atoms with Crippen LogP contribution < -0.4 is 4.74 Å². The van der Waals surface area contributed by atoms with Gasteiger partial charge in [0.2, 0.25) is 0 Å². The number of rotatable bonds is 3. The fraction of sp³-hybridized carbons (Fsp3) is 0.0526. The third-order valence-corrected chi connectivity index (χ3v) is 5.43. The Morgan fingerprint density at radius 1 is 1.19 bits per heavy atom. The van der Waals surface area contributed by atoms with E-state index in [1.807, 2.05) is 37.3 Å². The van der Waals surface area contributed by atoms with E-state index in [4.69, 9.17) is 4.74 Å². The minimum absolute atomic E-state index is 0.0999. The van der Waals surface area contributed by atoms with Crippen LogP contribution in [0.2, 0.25) is 0 Å². The number of nitrogens with zero attached hydrogens (tertiary/aromatic N) is 2. The summed E-state index contributed by atoms with van der Waals surface area (Å²) in [7, 11) is 0. The Morgan fingerprint density at radius 2 is 1.96 bits per heavy atom. The minimum Gasteiger partial charge on any atom is -0.419 e. The topological polar surface area (TPSA) is 44.1 Å². The van der Waals surface area contributed by atoms with E-state index in [2.05, 4.69) is 21.0 Å². The number of ether oxygens (including phenoxy) is 1. The lowest BCUT2D eigenvalue weighted by Gasteiger charge is -2.04. The summed E-state index contributed by atoms with van der Waals surface area (Å²) >= 11 is 4.45. The number of halogens is 2. The number of carbonyl (C=O) groups is 1. The second-order valence-electron chi connectivity index (χ2n) is 5.63. The number of thiophene rings is 1. The number of aryl methyl sites for hydroxylation is 1. The quantitative estimate of drug-likeness (QED) is 0.317. The molecule has 0 saturated heterocycles. The Hall–Kier alpha value is -2.51. The molecule has 2 aromatic carbocycles. The van der Waals surface area contributed by atoms with Gasteiger partial charge in [-0.05, 0) is 43.3 Å². The number of para-hydroxylation sites is 1. The van der Waals surface area contributed by atoms with Crippen LogP contribution in [-0.4, -0.2) is 15.7 Å². The maximum Gasteiger partial charge on any atom is 0.353 e. The van der Waals surface area contributed by atoms with Crippen LogP contribution >= 0.6 is 27.3 Å². The number of benzene rings is 2. The molecule has 0 saturated carbocycles. The van der Waals surface area contributed by atoms with Gasteiger partial charge in [0.15, 0.2) is 11.6 Å². The maximum atomic E-state index is 13.9. The summed E-state index contributed by atoms with van der Waals surface area (Å²) in [5.41, 5.74) is 1.72. The molecule has 0 aliphatic heterocycles. The van der Waals surface area contributed by atoms with Crippen LogP contribution in [0.1, 0.15) is 15.4 Å². The monoisotopic (exact) mass is 430 g/mol. The van der Waals surface area contributed by atoms with Gasteiger partial charge in [-0.3, -0.25) is 0 Å². The summed E-state index contributed by atoms with van der Waals surface area (Å²) in [6.45, 7) is 1.89. The van der Waals surface area contributed by atoms with Crippen LogP contribution in [0.5, 0.6) is 5.75 Å². The van der Waals surface area contributed by atoms with Gasteiger partial charge in [-0.1, -0.05) is 34.1 Å². The maximum absolute atomic E-state index is 13.9. The van der Waals surface area contributed by atoms with E-state index in [0.717, 1.165) is 21.6 Å². The highest BCUT2D eigenvalue weighted by Gasteiger charge is 2.19. The molecule has 26 heavy (non-hydrogen) atoms. The summed E-state index contributed by atoms with van der Waals surface area (Å²) in [6.07, 6.45) is 0. The van der Waals surface area contributed by atoms with Crippen molar-refractivity contribution in [3.05, 3.63) is 75.5 Å². The Kier molecular flexibility index (Phi) is 4.34. The summed E-state index contributed by atoms with van der Waals surface area (Å²) in [5, 5.41) is 5.41. The predicted octanol–water partition coefficient (Wildman–Crippen LogP) is 5.52. The zero-order valence-corrected chi connectivity index (χ0v) is 16.0. The van der Waals surface area contributed by atoms with E-state index < -0.39 is 11.8 Å². The SMILES string of the molecule is Cc1nn(-c2ccccc2)c2sc(C(=O)Oc3ccc(Br)cc3F)cc12. The van der Waals surface area contributed by atoms with Crippen LogP contribution in [-0.2, 0) is 0 Å². The summed E-state index contributed by atoms with van der Waals surface area (Å²) < 4.78 is 21.5. The molecule has 0 N–H and O–H groups in total. The lowest BCUT2D eigenvalue weighted by Crippen LogP contribution is -2.07. The average Bonchev–Trinajstić information content (AvgIpc) is 3.19. The molecule has 4 aromatic rings. The van der Waals surface area contributed by atoms with Crippen molar-refractivity contribution in [1.82, 2.24) is 9.78 Å². The first-order valence-corrected chi connectivity index (χ1v) is 9.35. The third kappa shape index (κ3) is 3.04. The molecule has 0 spiro atoms. The van der Waals surface area contributed by atoms with E-state index in [0.29, 0.717) is 9.35 Å². The second-order valence-corrected chi connectivity index (χ2v) is 7.57. The first kappa shape index (κ1) is 16.9. The molecular weight excluding hydrogens is 419 g/mol. The van der Waals surface area contributed by atoms with Gasteiger partial charge in [-0.2, -0.15) is 5.10 Å². The number of esters is 1. The molecular formula is C19H12BrFN2O2S. The lowest BCUT2D eigenvalue weighted by molar-refractivity contribution is 0.0733. The van der Waals surface area contributed by atoms with Crippen LogP contribution in [0.15, 0.2) is 59.1 Å². The molecule has 0 aliphatic rings. The number of hydrogen-bond donors (Lipinski definition) is 0. The standard InChI is InChI=1S/C19H12BrFN2O2S/c1-11-14-10-17(19(24)25-16-8-7-12(20)9-15(16)21)26-18(14)23(22-11)13-5-3-2-4-6-13/h2-10H,1H3. The van der Waals surface area contributed by atoms with Crippen molar-refractivity contribution in [2.75, 3.05) is 0 Å². The fourth-order valence-electron chi connectivity index (χ4n) is 2.60. The number of fused-ring (bicyclic) bond motifs is 1. The predicted molar refractivity (Wildman–Crippen MR) is 103 cm³/mol. The Labute approximate surface area is 161 Å². The molecule has 4 nitrogen and oxygen atoms in total. The Morgan fingerprint density at radius 3 is 2.69 bits per heavy atom. The van der Waals surface area contributed by atoms with Gasteiger partial charge in [0.05, 0.1) is 11.4 Å². The van der Waals surface area contributed by atoms with Gasteiger partial charge in [0.25, 0.3) is 0 Å². The molecule has 130 valence electrons. The van der Waals surface area contributed by atoms with Crippen LogP contribution in [0.4, 0.5) is 4.39 Å². The smallest absolute Gasteiger partial charge is 0.353 e. The summed E-state index contributed by atoms with van der Waals surface area (Å²) in [6, 6.07) is 15.7. The molecule has 0 unspecified atom stereocenters. The molecule has 0 radical (unpaired) electrons. The normalized spacial score (nSPS) is 11.0. The van der Waals surface area contributed by atoms with Crippen molar-refractivity contribution in [3.8, 4) is 11.4 Å². The van der Waals surface area contributed by atoms with Crippen molar-refractivity contribution >= 4 is 43.5 Å². The highest BCUT2D eigenvalue weighted by atomic mass is 79.9.